The maximum absolute atomic E-state index is 11.6. The minimum absolute atomic E-state index is 0.0409. The van der Waals surface area contributed by atoms with E-state index in [1.54, 1.807) is 6.20 Å². The number of rotatable bonds is 5. The maximum Gasteiger partial charge on any atom is 0.251 e. The fourth-order valence-corrected chi connectivity index (χ4v) is 1.16. The molecule has 3 nitrogen and oxygen atoms in total. The molecule has 0 bridgehead atoms. The number of carbonyl (C=O) groups excluding carboxylic acids is 1. The number of carbonyl (C=O) groups is 1. The van der Waals surface area contributed by atoms with Gasteiger partial charge in [-0.05, 0) is 25.3 Å². The summed E-state index contributed by atoms with van der Waals surface area (Å²) in [5.41, 5.74) is 1.85. The Kier molecular flexibility index (Phi) is 4.41. The molecular weight excluding hydrogens is 188 g/mol. The van der Waals surface area contributed by atoms with Crippen LogP contribution in [0.4, 0.5) is 0 Å². The Morgan fingerprint density at radius 1 is 1.33 bits per heavy atom. The normalized spacial score (nSPS) is 9.40. The van der Waals surface area contributed by atoms with Crippen LogP contribution in [-0.2, 0) is 0 Å². The van der Waals surface area contributed by atoms with Gasteiger partial charge in [0.05, 0.1) is 0 Å². The summed E-state index contributed by atoms with van der Waals surface area (Å²) in [5, 5.41) is 5.72. The highest BCUT2D eigenvalue weighted by Gasteiger charge is 2.02. The molecule has 0 radical (unpaired) electrons. The summed E-state index contributed by atoms with van der Waals surface area (Å²) in [6, 6.07) is 7.50. The third-order valence-electron chi connectivity index (χ3n) is 2.01. The van der Waals surface area contributed by atoms with E-state index in [4.69, 9.17) is 0 Å². The smallest absolute Gasteiger partial charge is 0.251 e. The van der Waals surface area contributed by atoms with E-state index in [1.165, 1.54) is 0 Å². The molecule has 15 heavy (non-hydrogen) atoms. The maximum atomic E-state index is 11.6. The fraction of sp³-hybridized carbons (Fsp3) is 0.250. The molecule has 3 heteroatoms. The minimum Gasteiger partial charge on any atom is -0.390 e. The summed E-state index contributed by atoms with van der Waals surface area (Å²) < 4.78 is 0. The summed E-state index contributed by atoms with van der Waals surface area (Å²) in [6.45, 7) is 6.81. The average molecular weight is 204 g/mol. The lowest BCUT2D eigenvalue weighted by Gasteiger charge is -2.05. The molecule has 0 saturated carbocycles. The van der Waals surface area contributed by atoms with E-state index in [1.807, 2.05) is 31.2 Å². The lowest BCUT2D eigenvalue weighted by Crippen LogP contribution is -2.29. The van der Waals surface area contributed by atoms with Crippen LogP contribution >= 0.6 is 0 Å². The fourth-order valence-electron chi connectivity index (χ4n) is 1.16. The van der Waals surface area contributed by atoms with Gasteiger partial charge in [0.25, 0.3) is 5.91 Å². The first-order chi connectivity index (χ1) is 7.24. The quantitative estimate of drug-likeness (QED) is 0.713. The Morgan fingerprint density at radius 2 is 2.00 bits per heavy atom. The molecule has 80 valence electrons. The molecule has 0 aliphatic heterocycles. The van der Waals surface area contributed by atoms with Crippen molar-refractivity contribution in [3.8, 4) is 0 Å². The first-order valence-electron chi connectivity index (χ1n) is 4.93. The van der Waals surface area contributed by atoms with E-state index in [0.717, 1.165) is 5.56 Å². The second-order valence-corrected chi connectivity index (χ2v) is 3.28. The summed E-state index contributed by atoms with van der Waals surface area (Å²) in [7, 11) is 0. The van der Waals surface area contributed by atoms with Crippen molar-refractivity contribution in [1.82, 2.24) is 10.6 Å². The number of amides is 1. The third-order valence-corrected chi connectivity index (χ3v) is 2.01. The minimum atomic E-state index is -0.0409. The highest BCUT2D eigenvalue weighted by molar-refractivity contribution is 5.94. The van der Waals surface area contributed by atoms with Gasteiger partial charge in [0, 0.05) is 18.7 Å². The van der Waals surface area contributed by atoms with Crippen LogP contribution in [0.15, 0.2) is 37.0 Å². The van der Waals surface area contributed by atoms with Crippen LogP contribution < -0.4 is 10.6 Å². The van der Waals surface area contributed by atoms with E-state index in [0.29, 0.717) is 18.7 Å². The van der Waals surface area contributed by atoms with Crippen molar-refractivity contribution in [3.05, 3.63) is 48.2 Å². The van der Waals surface area contributed by atoms with Crippen LogP contribution in [0.25, 0.3) is 0 Å². The monoisotopic (exact) mass is 204 g/mol. The molecule has 1 aromatic carbocycles. The highest BCUT2D eigenvalue weighted by atomic mass is 16.1. The van der Waals surface area contributed by atoms with E-state index >= 15 is 0 Å². The summed E-state index contributed by atoms with van der Waals surface area (Å²) >= 11 is 0. The Balaban J connectivity index is 2.40. The van der Waals surface area contributed by atoms with Gasteiger partial charge in [0.2, 0.25) is 0 Å². The second-order valence-electron chi connectivity index (χ2n) is 3.28. The van der Waals surface area contributed by atoms with Gasteiger partial charge in [-0.3, -0.25) is 4.79 Å². The van der Waals surface area contributed by atoms with Crippen LogP contribution in [0.2, 0.25) is 0 Å². The van der Waals surface area contributed by atoms with Crippen molar-refractivity contribution in [3.63, 3.8) is 0 Å². The SMILES string of the molecule is C=CNCCNC(=O)c1ccc(C)cc1. The molecule has 1 rings (SSSR count). The molecule has 0 aliphatic carbocycles. The topological polar surface area (TPSA) is 41.1 Å². The van der Waals surface area contributed by atoms with Crippen LogP contribution in [0.1, 0.15) is 15.9 Å². The average Bonchev–Trinajstić information content (AvgIpc) is 2.25. The number of hydrogen-bond donors (Lipinski definition) is 2. The Bertz CT molecular complexity index is 330. The Hall–Kier alpha value is -1.77. The molecule has 0 saturated heterocycles. The van der Waals surface area contributed by atoms with E-state index < -0.39 is 0 Å². The first kappa shape index (κ1) is 11.3. The van der Waals surface area contributed by atoms with Gasteiger partial charge in [-0.25, -0.2) is 0 Å². The summed E-state index contributed by atoms with van der Waals surface area (Å²) in [6.07, 6.45) is 1.61. The Labute approximate surface area is 90.2 Å². The molecular formula is C12H16N2O. The van der Waals surface area contributed by atoms with Crippen molar-refractivity contribution in [2.45, 2.75) is 6.92 Å². The highest BCUT2D eigenvalue weighted by Crippen LogP contribution is 2.02. The largest absolute Gasteiger partial charge is 0.390 e. The van der Waals surface area contributed by atoms with Gasteiger partial charge in [0.15, 0.2) is 0 Å². The zero-order valence-electron chi connectivity index (χ0n) is 8.92. The molecule has 1 amide bonds. The molecule has 0 heterocycles. The van der Waals surface area contributed by atoms with Gasteiger partial charge in [0.1, 0.15) is 0 Å². The van der Waals surface area contributed by atoms with E-state index in [2.05, 4.69) is 17.2 Å². The van der Waals surface area contributed by atoms with Crippen molar-refractivity contribution in [2.24, 2.45) is 0 Å². The van der Waals surface area contributed by atoms with E-state index in [9.17, 15) is 4.79 Å². The zero-order chi connectivity index (χ0) is 11.1. The van der Waals surface area contributed by atoms with Crippen LogP contribution in [0.3, 0.4) is 0 Å². The lowest BCUT2D eigenvalue weighted by molar-refractivity contribution is 0.0954. The molecule has 1 aromatic rings. The lowest BCUT2D eigenvalue weighted by atomic mass is 10.1. The second kappa shape index (κ2) is 5.86. The van der Waals surface area contributed by atoms with Crippen molar-refractivity contribution in [1.29, 1.82) is 0 Å². The molecule has 0 aliphatic rings. The first-order valence-corrected chi connectivity index (χ1v) is 4.93. The Morgan fingerprint density at radius 3 is 2.60 bits per heavy atom. The molecule has 0 aromatic heterocycles. The van der Waals surface area contributed by atoms with Gasteiger partial charge in [-0.2, -0.15) is 0 Å². The van der Waals surface area contributed by atoms with Crippen LogP contribution in [0.5, 0.6) is 0 Å². The molecule has 0 unspecified atom stereocenters. The standard InChI is InChI=1S/C12H16N2O/c1-3-13-8-9-14-12(15)11-6-4-10(2)5-7-11/h3-7,13H,1,8-9H2,2H3,(H,14,15). The number of hydrogen-bond acceptors (Lipinski definition) is 2. The third kappa shape index (κ3) is 3.85. The van der Waals surface area contributed by atoms with Gasteiger partial charge >= 0.3 is 0 Å². The number of benzene rings is 1. The molecule has 0 fully saturated rings. The zero-order valence-corrected chi connectivity index (χ0v) is 8.92. The molecule has 0 atom stereocenters. The van der Waals surface area contributed by atoms with Crippen molar-refractivity contribution < 1.29 is 4.79 Å². The van der Waals surface area contributed by atoms with Crippen LogP contribution in [-0.4, -0.2) is 19.0 Å². The molecule has 0 spiro atoms. The van der Waals surface area contributed by atoms with Gasteiger partial charge in [-0.15, -0.1) is 0 Å². The predicted octanol–water partition coefficient (Wildman–Crippen LogP) is 1.46. The van der Waals surface area contributed by atoms with Crippen molar-refractivity contribution in [2.75, 3.05) is 13.1 Å². The predicted molar refractivity (Wildman–Crippen MR) is 61.7 cm³/mol. The molecule has 2 N–H and O–H groups in total. The van der Waals surface area contributed by atoms with Gasteiger partial charge < -0.3 is 10.6 Å². The summed E-state index contributed by atoms with van der Waals surface area (Å²) in [5.74, 6) is -0.0409. The van der Waals surface area contributed by atoms with Crippen molar-refractivity contribution >= 4 is 5.91 Å². The van der Waals surface area contributed by atoms with Crippen LogP contribution in [0, 0.1) is 6.92 Å². The van der Waals surface area contributed by atoms with Gasteiger partial charge in [-0.1, -0.05) is 24.3 Å². The summed E-state index contributed by atoms with van der Waals surface area (Å²) in [4.78, 5) is 11.6. The number of nitrogens with one attached hydrogen (secondary N) is 2. The number of aryl methyl sites for hydroxylation is 1. The van der Waals surface area contributed by atoms with E-state index in [-0.39, 0.29) is 5.91 Å².